The van der Waals surface area contributed by atoms with Gasteiger partial charge in [-0.3, -0.25) is 20.2 Å². The molecule has 29 heavy (non-hydrogen) atoms. The maximum atomic E-state index is 12.0. The van der Waals surface area contributed by atoms with E-state index in [1.54, 1.807) is 0 Å². The molecule has 0 aliphatic heterocycles. The third-order valence-electron chi connectivity index (χ3n) is 4.01. The average Bonchev–Trinajstić information content (AvgIpc) is 2.68. The lowest BCUT2D eigenvalue weighted by atomic mass is 10.1. The number of hydrogen-bond acceptors (Lipinski definition) is 9. The number of hydrogen-bond donors (Lipinski definition) is 2. The van der Waals surface area contributed by atoms with Gasteiger partial charge >= 0.3 is 11.9 Å². The summed E-state index contributed by atoms with van der Waals surface area (Å²) in [6.07, 6.45) is 0.0311. The zero-order chi connectivity index (χ0) is 21.6. The highest BCUT2D eigenvalue weighted by atomic mass is 16.6. The van der Waals surface area contributed by atoms with Crippen molar-refractivity contribution in [3.05, 3.63) is 79.9 Å². The molecule has 0 bridgehead atoms. The van der Waals surface area contributed by atoms with E-state index in [1.807, 2.05) is 0 Å². The van der Waals surface area contributed by atoms with Crippen molar-refractivity contribution in [1.82, 2.24) is 0 Å². The SMILES string of the molecule is N[C@@H](Cc1ccc([N+](=O)[O-])cc1)C(=O)OC(=O)[C@@H](N)Cc1ccc([N+](=O)[O-])cc1. The Labute approximate surface area is 164 Å². The van der Waals surface area contributed by atoms with Gasteiger partial charge in [-0.2, -0.15) is 0 Å². The van der Waals surface area contributed by atoms with Gasteiger partial charge in [0.25, 0.3) is 11.4 Å². The molecule has 0 saturated carbocycles. The third-order valence-corrected chi connectivity index (χ3v) is 4.01. The third kappa shape index (κ3) is 6.16. The fourth-order valence-corrected chi connectivity index (χ4v) is 2.43. The van der Waals surface area contributed by atoms with Gasteiger partial charge in [0.2, 0.25) is 0 Å². The van der Waals surface area contributed by atoms with Crippen molar-refractivity contribution in [2.24, 2.45) is 11.5 Å². The summed E-state index contributed by atoms with van der Waals surface area (Å²) < 4.78 is 4.70. The molecule has 0 unspecified atom stereocenters. The maximum Gasteiger partial charge on any atom is 0.330 e. The van der Waals surface area contributed by atoms with Crippen molar-refractivity contribution >= 4 is 23.3 Å². The van der Waals surface area contributed by atoms with E-state index < -0.39 is 33.9 Å². The van der Waals surface area contributed by atoms with Crippen LogP contribution < -0.4 is 11.5 Å². The summed E-state index contributed by atoms with van der Waals surface area (Å²) in [6, 6.07) is 8.59. The summed E-state index contributed by atoms with van der Waals surface area (Å²) in [5.74, 6) is -1.96. The molecule has 0 fully saturated rings. The number of carbonyl (C=O) groups is 2. The highest BCUT2D eigenvalue weighted by Gasteiger charge is 2.24. The fraction of sp³-hybridized carbons (Fsp3) is 0.222. The molecule has 2 atom stereocenters. The Kier molecular flexibility index (Phi) is 7.06. The van der Waals surface area contributed by atoms with Crippen molar-refractivity contribution in [3.8, 4) is 0 Å². The number of carbonyl (C=O) groups excluding carboxylic acids is 2. The van der Waals surface area contributed by atoms with E-state index in [1.165, 1.54) is 48.5 Å². The lowest BCUT2D eigenvalue weighted by Crippen LogP contribution is -2.41. The smallest absolute Gasteiger partial charge is 0.330 e. The number of nitro benzene ring substituents is 2. The molecule has 0 aliphatic rings. The van der Waals surface area contributed by atoms with Crippen molar-refractivity contribution in [2.45, 2.75) is 24.9 Å². The predicted molar refractivity (Wildman–Crippen MR) is 101 cm³/mol. The topological polar surface area (TPSA) is 182 Å². The highest BCUT2D eigenvalue weighted by Crippen LogP contribution is 2.14. The van der Waals surface area contributed by atoms with Gasteiger partial charge in [0.05, 0.1) is 9.85 Å². The minimum absolute atomic E-state index is 0.0156. The summed E-state index contributed by atoms with van der Waals surface area (Å²) in [6.45, 7) is 0. The predicted octanol–water partition coefficient (Wildman–Crippen LogP) is 1.01. The first kappa shape index (κ1) is 21.6. The van der Waals surface area contributed by atoms with Crippen molar-refractivity contribution < 1.29 is 24.2 Å². The summed E-state index contributed by atoms with van der Waals surface area (Å²) in [5.41, 5.74) is 12.4. The summed E-state index contributed by atoms with van der Waals surface area (Å²) in [7, 11) is 0. The van der Waals surface area contributed by atoms with Gasteiger partial charge in [0, 0.05) is 24.3 Å². The molecule has 2 aromatic carbocycles. The number of nitrogens with two attached hydrogens (primary N) is 2. The van der Waals surface area contributed by atoms with Crippen LogP contribution in [0.5, 0.6) is 0 Å². The zero-order valence-corrected chi connectivity index (χ0v) is 15.1. The van der Waals surface area contributed by atoms with Crippen LogP contribution in [0, 0.1) is 20.2 Å². The fourth-order valence-electron chi connectivity index (χ4n) is 2.43. The number of non-ortho nitro benzene ring substituents is 2. The first-order valence-corrected chi connectivity index (χ1v) is 8.40. The standard InChI is InChI=1S/C18H18N4O7/c19-15(9-11-1-5-13(6-2-11)21(25)26)17(23)29-18(24)16(20)10-12-3-7-14(8-4-12)22(27)28/h1-8,15-16H,9-10,19-20H2/t15-,16-/m0/s1. The number of rotatable bonds is 8. The molecule has 0 aromatic heterocycles. The molecule has 152 valence electrons. The van der Waals surface area contributed by atoms with Gasteiger partial charge in [0.15, 0.2) is 0 Å². The van der Waals surface area contributed by atoms with Crippen molar-refractivity contribution in [3.63, 3.8) is 0 Å². The lowest BCUT2D eigenvalue weighted by molar-refractivity contribution is -0.385. The van der Waals surface area contributed by atoms with Gasteiger partial charge in [-0.1, -0.05) is 24.3 Å². The molecule has 0 amide bonds. The number of nitro groups is 2. The molecule has 2 rings (SSSR count). The Morgan fingerprint density at radius 2 is 1.07 bits per heavy atom. The highest BCUT2D eigenvalue weighted by molar-refractivity contribution is 5.90. The Balaban J connectivity index is 1.88. The van der Waals surface area contributed by atoms with Gasteiger partial charge in [0.1, 0.15) is 12.1 Å². The van der Waals surface area contributed by atoms with Crippen LogP contribution in [0.2, 0.25) is 0 Å². The molecular formula is C18H18N4O7. The van der Waals surface area contributed by atoms with E-state index in [0.29, 0.717) is 11.1 Å². The van der Waals surface area contributed by atoms with E-state index in [9.17, 15) is 29.8 Å². The summed E-state index contributed by atoms with van der Waals surface area (Å²) >= 11 is 0. The van der Waals surface area contributed by atoms with Gasteiger partial charge < -0.3 is 16.2 Å². The Bertz CT molecular complexity index is 837. The molecule has 11 nitrogen and oxygen atoms in total. The van der Waals surface area contributed by atoms with Gasteiger partial charge in [-0.15, -0.1) is 0 Å². The van der Waals surface area contributed by atoms with E-state index >= 15 is 0 Å². The zero-order valence-electron chi connectivity index (χ0n) is 15.1. The van der Waals surface area contributed by atoms with Crippen LogP contribution in [0.4, 0.5) is 11.4 Å². The summed E-state index contributed by atoms with van der Waals surface area (Å²) in [4.78, 5) is 44.2. The maximum absolute atomic E-state index is 12.0. The van der Waals surface area contributed by atoms with E-state index in [2.05, 4.69) is 0 Å². The number of nitrogens with zero attached hydrogens (tertiary/aromatic N) is 2. The van der Waals surface area contributed by atoms with E-state index in [4.69, 9.17) is 16.2 Å². The van der Waals surface area contributed by atoms with E-state index in [0.717, 1.165) is 0 Å². The average molecular weight is 402 g/mol. The molecule has 0 radical (unpaired) electrons. The second-order valence-corrected chi connectivity index (χ2v) is 6.21. The van der Waals surface area contributed by atoms with Crippen LogP contribution in [-0.2, 0) is 27.2 Å². The van der Waals surface area contributed by atoms with E-state index in [-0.39, 0.29) is 24.2 Å². The van der Waals surface area contributed by atoms with Gasteiger partial charge in [-0.05, 0) is 24.0 Å². The van der Waals surface area contributed by atoms with Crippen LogP contribution in [0.3, 0.4) is 0 Å². The van der Waals surface area contributed by atoms with Crippen LogP contribution in [0.25, 0.3) is 0 Å². The Morgan fingerprint density at radius 1 is 0.759 bits per heavy atom. The van der Waals surface area contributed by atoms with Crippen LogP contribution in [0.1, 0.15) is 11.1 Å². The lowest BCUT2D eigenvalue weighted by Gasteiger charge is -2.14. The van der Waals surface area contributed by atoms with Crippen LogP contribution in [-0.4, -0.2) is 33.9 Å². The van der Waals surface area contributed by atoms with Crippen molar-refractivity contribution in [1.29, 1.82) is 0 Å². The molecule has 4 N–H and O–H groups in total. The molecule has 0 aliphatic carbocycles. The number of benzene rings is 2. The second-order valence-electron chi connectivity index (χ2n) is 6.21. The Morgan fingerprint density at radius 3 is 1.34 bits per heavy atom. The first-order chi connectivity index (χ1) is 13.7. The number of ether oxygens (including phenoxy) is 1. The van der Waals surface area contributed by atoms with Gasteiger partial charge in [-0.25, -0.2) is 9.59 Å². The molecule has 0 saturated heterocycles. The Hall–Kier alpha value is -3.70. The molecule has 11 heteroatoms. The normalized spacial score (nSPS) is 12.6. The molecule has 2 aromatic rings. The second kappa shape index (κ2) is 9.48. The van der Waals surface area contributed by atoms with Crippen LogP contribution in [0.15, 0.2) is 48.5 Å². The quantitative estimate of drug-likeness (QED) is 0.282. The summed E-state index contributed by atoms with van der Waals surface area (Å²) in [5, 5.41) is 21.3. The van der Waals surface area contributed by atoms with Crippen molar-refractivity contribution in [2.75, 3.05) is 0 Å². The minimum Gasteiger partial charge on any atom is -0.391 e. The largest absolute Gasteiger partial charge is 0.391 e. The molecule has 0 spiro atoms. The molecular weight excluding hydrogens is 384 g/mol. The number of esters is 2. The van der Waals surface area contributed by atoms with Crippen LogP contribution >= 0.6 is 0 Å². The molecule has 0 heterocycles. The first-order valence-electron chi connectivity index (χ1n) is 8.40. The minimum atomic E-state index is -1.16. The monoisotopic (exact) mass is 402 g/mol.